The number of pyridine rings is 1. The van der Waals surface area contributed by atoms with E-state index in [1.54, 1.807) is 4.31 Å². The van der Waals surface area contributed by atoms with Gasteiger partial charge in [0.15, 0.2) is 0 Å². The van der Waals surface area contributed by atoms with Gasteiger partial charge in [-0.2, -0.15) is 4.31 Å². The van der Waals surface area contributed by atoms with E-state index in [0.29, 0.717) is 6.54 Å². The molecule has 0 bridgehead atoms. The van der Waals surface area contributed by atoms with Crippen LogP contribution in [-0.4, -0.2) is 30.3 Å². The summed E-state index contributed by atoms with van der Waals surface area (Å²) in [4.78, 5) is 4.00. The third-order valence-electron chi connectivity index (χ3n) is 3.30. The molecule has 0 saturated heterocycles. The molecule has 0 spiro atoms. The molecule has 0 saturated carbocycles. The molecule has 0 aliphatic rings. The zero-order chi connectivity index (χ0) is 15.3. The lowest BCUT2D eigenvalue weighted by Gasteiger charge is -2.31. The van der Waals surface area contributed by atoms with E-state index in [1.807, 2.05) is 27.7 Å². The fraction of sp³-hybridized carbons (Fsp3) is 0.643. The van der Waals surface area contributed by atoms with Crippen LogP contribution in [-0.2, 0) is 10.0 Å². The van der Waals surface area contributed by atoms with E-state index in [1.165, 1.54) is 18.5 Å². The van der Waals surface area contributed by atoms with Crippen LogP contribution in [0.15, 0.2) is 23.4 Å². The molecule has 0 radical (unpaired) electrons. The summed E-state index contributed by atoms with van der Waals surface area (Å²) >= 11 is 0. The number of sulfonamides is 1. The summed E-state index contributed by atoms with van der Waals surface area (Å²) in [6.07, 6.45) is 4.39. The molecule has 1 rings (SSSR count). The topological polar surface area (TPSA) is 76.3 Å². The van der Waals surface area contributed by atoms with E-state index in [4.69, 9.17) is 5.73 Å². The van der Waals surface area contributed by atoms with Gasteiger partial charge in [-0.25, -0.2) is 8.42 Å². The Balaban J connectivity index is 3.27. The van der Waals surface area contributed by atoms with Gasteiger partial charge in [-0.05, 0) is 24.8 Å². The van der Waals surface area contributed by atoms with Crippen molar-refractivity contribution in [2.24, 2.45) is 5.92 Å². The largest absolute Gasteiger partial charge is 0.398 e. The summed E-state index contributed by atoms with van der Waals surface area (Å²) < 4.78 is 27.3. The van der Waals surface area contributed by atoms with Crippen LogP contribution in [0.3, 0.4) is 0 Å². The maximum absolute atomic E-state index is 12.9. The van der Waals surface area contributed by atoms with Crippen LogP contribution in [0.2, 0.25) is 0 Å². The molecular weight excluding hydrogens is 274 g/mol. The molecular formula is C14H25N3O2S. The summed E-state index contributed by atoms with van der Waals surface area (Å²) in [5.41, 5.74) is 6.06. The summed E-state index contributed by atoms with van der Waals surface area (Å²) in [5.74, 6) is 0.253. The second-order valence-electron chi connectivity index (χ2n) is 5.35. The van der Waals surface area contributed by atoms with Gasteiger partial charge in [0.25, 0.3) is 0 Å². The standard InChI is InChI=1S/C14H25N3O2S/c1-5-12(6-2)17(10-11(3)4)20(18,19)14-9-16-8-7-13(14)15/h7-9,11-12H,5-6,10H2,1-4H3,(H2,15,16). The Kier molecular flexibility index (Phi) is 5.95. The van der Waals surface area contributed by atoms with Gasteiger partial charge in [0, 0.05) is 25.0 Å². The molecule has 114 valence electrons. The number of nitrogen functional groups attached to an aromatic ring is 1. The first-order valence-electron chi connectivity index (χ1n) is 7.05. The third-order valence-corrected chi connectivity index (χ3v) is 5.26. The van der Waals surface area contributed by atoms with E-state index in [9.17, 15) is 8.42 Å². The molecule has 1 aromatic heterocycles. The number of aromatic nitrogens is 1. The maximum Gasteiger partial charge on any atom is 0.246 e. The Morgan fingerprint density at radius 2 is 1.90 bits per heavy atom. The van der Waals surface area contributed by atoms with Gasteiger partial charge in [-0.1, -0.05) is 27.7 Å². The molecule has 0 aromatic carbocycles. The van der Waals surface area contributed by atoms with Gasteiger partial charge >= 0.3 is 0 Å². The van der Waals surface area contributed by atoms with E-state index in [-0.39, 0.29) is 22.5 Å². The number of rotatable bonds is 7. The number of hydrogen-bond acceptors (Lipinski definition) is 4. The van der Waals surface area contributed by atoms with Crippen LogP contribution in [0.5, 0.6) is 0 Å². The lowest BCUT2D eigenvalue weighted by molar-refractivity contribution is 0.277. The Hall–Kier alpha value is -1.14. The molecule has 0 fully saturated rings. The average Bonchev–Trinajstić information content (AvgIpc) is 2.38. The number of nitrogens with two attached hydrogens (primary N) is 1. The van der Waals surface area contributed by atoms with Crippen molar-refractivity contribution in [1.82, 2.24) is 9.29 Å². The molecule has 20 heavy (non-hydrogen) atoms. The van der Waals surface area contributed by atoms with Crippen LogP contribution < -0.4 is 5.73 Å². The van der Waals surface area contributed by atoms with E-state index in [2.05, 4.69) is 4.98 Å². The van der Waals surface area contributed by atoms with Crippen LogP contribution >= 0.6 is 0 Å². The van der Waals surface area contributed by atoms with Crippen molar-refractivity contribution in [3.63, 3.8) is 0 Å². The average molecular weight is 299 g/mol. The lowest BCUT2D eigenvalue weighted by Crippen LogP contribution is -2.42. The molecule has 1 heterocycles. The Labute approximate surface area is 122 Å². The Bertz CT molecular complexity index is 525. The lowest BCUT2D eigenvalue weighted by atomic mass is 10.1. The van der Waals surface area contributed by atoms with Crippen LogP contribution in [0, 0.1) is 5.92 Å². The molecule has 0 aliphatic heterocycles. The SMILES string of the molecule is CCC(CC)N(CC(C)C)S(=O)(=O)c1cnccc1N. The van der Waals surface area contributed by atoms with E-state index in [0.717, 1.165) is 12.8 Å². The Morgan fingerprint density at radius 1 is 1.30 bits per heavy atom. The predicted octanol–water partition coefficient (Wildman–Crippen LogP) is 2.50. The highest BCUT2D eigenvalue weighted by molar-refractivity contribution is 7.89. The highest BCUT2D eigenvalue weighted by atomic mass is 32.2. The second kappa shape index (κ2) is 7.04. The summed E-state index contributed by atoms with van der Waals surface area (Å²) in [6, 6.07) is 1.51. The number of nitrogens with zero attached hydrogens (tertiary/aromatic N) is 2. The smallest absolute Gasteiger partial charge is 0.246 e. The van der Waals surface area contributed by atoms with Crippen molar-refractivity contribution in [2.75, 3.05) is 12.3 Å². The van der Waals surface area contributed by atoms with Crippen LogP contribution in [0.4, 0.5) is 5.69 Å². The fourth-order valence-corrected chi connectivity index (χ4v) is 4.23. The Morgan fingerprint density at radius 3 is 2.35 bits per heavy atom. The van der Waals surface area contributed by atoms with Gasteiger partial charge in [0.1, 0.15) is 4.90 Å². The summed E-state index contributed by atoms with van der Waals surface area (Å²) in [6.45, 7) is 8.52. The second-order valence-corrected chi connectivity index (χ2v) is 7.21. The molecule has 1 aromatic rings. The minimum Gasteiger partial charge on any atom is -0.398 e. The molecule has 5 nitrogen and oxygen atoms in total. The highest BCUT2D eigenvalue weighted by Crippen LogP contribution is 2.25. The number of anilines is 1. The quantitative estimate of drug-likeness (QED) is 0.839. The van der Waals surface area contributed by atoms with Gasteiger partial charge in [-0.15, -0.1) is 0 Å². The van der Waals surface area contributed by atoms with Gasteiger partial charge in [0.05, 0.1) is 5.69 Å². The molecule has 2 N–H and O–H groups in total. The van der Waals surface area contributed by atoms with Crippen molar-refractivity contribution in [3.05, 3.63) is 18.5 Å². The minimum atomic E-state index is -3.60. The first kappa shape index (κ1) is 16.9. The molecule has 0 unspecified atom stereocenters. The normalized spacial score (nSPS) is 12.6. The molecule has 6 heteroatoms. The molecule has 0 aliphatic carbocycles. The first-order chi connectivity index (χ1) is 9.34. The van der Waals surface area contributed by atoms with Crippen molar-refractivity contribution in [3.8, 4) is 0 Å². The van der Waals surface area contributed by atoms with Crippen LogP contribution in [0.25, 0.3) is 0 Å². The zero-order valence-corrected chi connectivity index (χ0v) is 13.5. The van der Waals surface area contributed by atoms with E-state index >= 15 is 0 Å². The number of hydrogen-bond donors (Lipinski definition) is 1. The van der Waals surface area contributed by atoms with Crippen LogP contribution in [0.1, 0.15) is 40.5 Å². The first-order valence-corrected chi connectivity index (χ1v) is 8.49. The monoisotopic (exact) mass is 299 g/mol. The highest BCUT2D eigenvalue weighted by Gasteiger charge is 2.31. The van der Waals surface area contributed by atoms with E-state index < -0.39 is 10.0 Å². The zero-order valence-electron chi connectivity index (χ0n) is 12.7. The van der Waals surface area contributed by atoms with Crippen molar-refractivity contribution >= 4 is 15.7 Å². The molecule has 0 amide bonds. The van der Waals surface area contributed by atoms with Crippen molar-refractivity contribution in [2.45, 2.75) is 51.5 Å². The van der Waals surface area contributed by atoms with Gasteiger partial charge < -0.3 is 5.73 Å². The third kappa shape index (κ3) is 3.70. The summed E-state index contributed by atoms with van der Waals surface area (Å²) in [5, 5.41) is 0. The maximum atomic E-state index is 12.9. The predicted molar refractivity (Wildman–Crippen MR) is 81.7 cm³/mol. The van der Waals surface area contributed by atoms with Crippen molar-refractivity contribution in [1.29, 1.82) is 0 Å². The fourth-order valence-electron chi connectivity index (χ4n) is 2.23. The summed E-state index contributed by atoms with van der Waals surface area (Å²) in [7, 11) is -3.60. The van der Waals surface area contributed by atoms with Crippen molar-refractivity contribution < 1.29 is 8.42 Å². The minimum absolute atomic E-state index is 0.0120. The molecule has 0 atom stereocenters. The van der Waals surface area contributed by atoms with Gasteiger partial charge in [-0.3, -0.25) is 4.98 Å². The van der Waals surface area contributed by atoms with Gasteiger partial charge in [0.2, 0.25) is 10.0 Å².